The van der Waals surface area contributed by atoms with Crippen LogP contribution in [0.1, 0.15) is 30.3 Å². The Morgan fingerprint density at radius 3 is 2.69 bits per heavy atom. The summed E-state index contributed by atoms with van der Waals surface area (Å²) in [4.78, 5) is 11.3. The molecule has 26 heavy (non-hydrogen) atoms. The van der Waals surface area contributed by atoms with E-state index in [2.05, 4.69) is 9.88 Å². The standard InChI is InChI=1S/C20H24N4O2/c1-23-11-8-21-20(23)18(26)14-6-9-24(10-7-14)19-16(13-25)12-15-4-2-3-5-17(15)22-19/h2-5,8,11-12,14,18,25-26H,6-7,9-10,13H2,1H3. The fourth-order valence-electron chi connectivity index (χ4n) is 3.84. The molecule has 1 atom stereocenters. The van der Waals surface area contributed by atoms with Gasteiger partial charge in [-0.3, -0.25) is 0 Å². The Kier molecular flexibility index (Phi) is 4.61. The molecule has 6 heteroatoms. The molecule has 4 rings (SSSR count). The second-order valence-corrected chi connectivity index (χ2v) is 6.99. The van der Waals surface area contributed by atoms with Gasteiger partial charge in [0.05, 0.1) is 12.1 Å². The minimum absolute atomic E-state index is 0.0248. The Morgan fingerprint density at radius 1 is 1.23 bits per heavy atom. The van der Waals surface area contributed by atoms with Crippen molar-refractivity contribution in [3.05, 3.63) is 54.1 Å². The van der Waals surface area contributed by atoms with Crippen molar-refractivity contribution in [3.63, 3.8) is 0 Å². The Hall–Kier alpha value is -2.44. The SMILES string of the molecule is Cn1ccnc1C(O)C1CCN(c2nc3ccccc3cc2CO)CC1. The second-order valence-electron chi connectivity index (χ2n) is 6.99. The number of benzene rings is 1. The van der Waals surface area contributed by atoms with E-state index in [1.54, 1.807) is 6.20 Å². The summed E-state index contributed by atoms with van der Waals surface area (Å²) in [7, 11) is 1.91. The number of nitrogens with zero attached hydrogens (tertiary/aromatic N) is 4. The number of pyridine rings is 1. The number of anilines is 1. The molecule has 136 valence electrons. The third-order valence-electron chi connectivity index (χ3n) is 5.36. The van der Waals surface area contributed by atoms with E-state index in [-0.39, 0.29) is 12.5 Å². The van der Waals surface area contributed by atoms with E-state index in [4.69, 9.17) is 4.98 Å². The summed E-state index contributed by atoms with van der Waals surface area (Å²) in [5.74, 6) is 1.77. The van der Waals surface area contributed by atoms with E-state index < -0.39 is 6.10 Å². The third kappa shape index (κ3) is 3.06. The van der Waals surface area contributed by atoms with Crippen LogP contribution in [0, 0.1) is 5.92 Å². The molecule has 1 saturated heterocycles. The lowest BCUT2D eigenvalue weighted by Crippen LogP contribution is -2.37. The van der Waals surface area contributed by atoms with Crippen LogP contribution in [-0.2, 0) is 13.7 Å². The maximum atomic E-state index is 10.7. The molecule has 0 radical (unpaired) electrons. The molecule has 1 unspecified atom stereocenters. The van der Waals surface area contributed by atoms with Gasteiger partial charge in [-0.15, -0.1) is 0 Å². The first-order valence-corrected chi connectivity index (χ1v) is 9.07. The predicted octanol–water partition coefficient (Wildman–Crippen LogP) is 2.41. The zero-order valence-electron chi connectivity index (χ0n) is 14.9. The van der Waals surface area contributed by atoms with Crippen LogP contribution in [0.25, 0.3) is 10.9 Å². The molecule has 0 bridgehead atoms. The highest BCUT2D eigenvalue weighted by molar-refractivity contribution is 5.81. The molecule has 1 aliphatic rings. The van der Waals surface area contributed by atoms with Gasteiger partial charge >= 0.3 is 0 Å². The first-order chi connectivity index (χ1) is 12.7. The molecule has 1 aromatic carbocycles. The summed E-state index contributed by atoms with van der Waals surface area (Å²) in [6.45, 7) is 1.60. The largest absolute Gasteiger partial charge is 0.392 e. The summed E-state index contributed by atoms with van der Waals surface area (Å²) >= 11 is 0. The number of aliphatic hydroxyl groups is 2. The van der Waals surface area contributed by atoms with Gasteiger partial charge in [-0.2, -0.15) is 0 Å². The number of imidazole rings is 1. The highest BCUT2D eigenvalue weighted by Gasteiger charge is 2.29. The highest BCUT2D eigenvalue weighted by atomic mass is 16.3. The van der Waals surface area contributed by atoms with Crippen molar-refractivity contribution in [2.45, 2.75) is 25.6 Å². The minimum atomic E-state index is -0.543. The third-order valence-corrected chi connectivity index (χ3v) is 5.36. The van der Waals surface area contributed by atoms with E-state index >= 15 is 0 Å². The Bertz CT molecular complexity index is 900. The Balaban J connectivity index is 1.53. The lowest BCUT2D eigenvalue weighted by Gasteiger charge is -2.35. The van der Waals surface area contributed by atoms with E-state index in [1.165, 1.54) is 0 Å². The van der Waals surface area contributed by atoms with Crippen molar-refractivity contribution in [1.82, 2.24) is 14.5 Å². The number of aryl methyl sites for hydroxylation is 1. The van der Waals surface area contributed by atoms with Crippen molar-refractivity contribution in [2.75, 3.05) is 18.0 Å². The maximum Gasteiger partial charge on any atom is 0.137 e. The minimum Gasteiger partial charge on any atom is -0.392 e. The van der Waals surface area contributed by atoms with Crippen molar-refractivity contribution in [1.29, 1.82) is 0 Å². The summed E-state index contributed by atoms with van der Waals surface area (Å²) < 4.78 is 1.88. The van der Waals surface area contributed by atoms with E-state index in [0.717, 1.165) is 54.0 Å². The first-order valence-electron chi connectivity index (χ1n) is 9.07. The lowest BCUT2D eigenvalue weighted by atomic mass is 9.90. The van der Waals surface area contributed by atoms with Crippen LogP contribution in [0.5, 0.6) is 0 Å². The average Bonchev–Trinajstić information content (AvgIpc) is 3.12. The first kappa shape index (κ1) is 17.0. The maximum absolute atomic E-state index is 10.7. The highest BCUT2D eigenvalue weighted by Crippen LogP contribution is 2.33. The zero-order chi connectivity index (χ0) is 18.1. The number of para-hydroxylation sites is 1. The molecular formula is C20H24N4O2. The molecule has 1 aliphatic heterocycles. The monoisotopic (exact) mass is 352 g/mol. The van der Waals surface area contributed by atoms with Gasteiger partial charge in [0.25, 0.3) is 0 Å². The van der Waals surface area contributed by atoms with Crippen LogP contribution in [0.15, 0.2) is 42.7 Å². The number of hydrogen-bond acceptors (Lipinski definition) is 5. The van der Waals surface area contributed by atoms with Gasteiger partial charge in [-0.05, 0) is 30.9 Å². The van der Waals surface area contributed by atoms with Crippen LogP contribution in [-0.4, -0.2) is 37.8 Å². The number of fused-ring (bicyclic) bond motifs is 1. The fraction of sp³-hybridized carbons (Fsp3) is 0.400. The molecule has 0 aliphatic carbocycles. The van der Waals surface area contributed by atoms with Gasteiger partial charge in [-0.1, -0.05) is 18.2 Å². The predicted molar refractivity (Wildman–Crippen MR) is 101 cm³/mol. The van der Waals surface area contributed by atoms with Crippen molar-refractivity contribution in [3.8, 4) is 0 Å². The molecule has 0 saturated carbocycles. The Labute approximate surface area is 152 Å². The van der Waals surface area contributed by atoms with Crippen molar-refractivity contribution < 1.29 is 10.2 Å². The van der Waals surface area contributed by atoms with Gasteiger partial charge in [0.1, 0.15) is 17.7 Å². The fourth-order valence-corrected chi connectivity index (χ4v) is 3.84. The van der Waals surface area contributed by atoms with E-state index in [1.807, 2.05) is 48.1 Å². The van der Waals surface area contributed by atoms with Gasteiger partial charge in [0.2, 0.25) is 0 Å². The van der Waals surface area contributed by atoms with Crippen LogP contribution in [0.2, 0.25) is 0 Å². The lowest BCUT2D eigenvalue weighted by molar-refractivity contribution is 0.0823. The normalized spacial score (nSPS) is 17.0. The number of hydrogen-bond donors (Lipinski definition) is 2. The van der Waals surface area contributed by atoms with Crippen molar-refractivity contribution in [2.24, 2.45) is 13.0 Å². The van der Waals surface area contributed by atoms with Gasteiger partial charge < -0.3 is 19.7 Å². The molecule has 3 heterocycles. The number of piperidine rings is 1. The van der Waals surface area contributed by atoms with Gasteiger partial charge in [0.15, 0.2) is 0 Å². The van der Waals surface area contributed by atoms with E-state index in [0.29, 0.717) is 0 Å². The quantitative estimate of drug-likeness (QED) is 0.754. The number of rotatable bonds is 4. The summed E-state index contributed by atoms with van der Waals surface area (Å²) in [6, 6.07) is 9.99. The van der Waals surface area contributed by atoms with Crippen LogP contribution >= 0.6 is 0 Å². The molecule has 3 aromatic rings. The van der Waals surface area contributed by atoms with Crippen molar-refractivity contribution >= 4 is 16.7 Å². The van der Waals surface area contributed by atoms with Gasteiger partial charge in [0, 0.05) is 43.5 Å². The smallest absolute Gasteiger partial charge is 0.137 e. The van der Waals surface area contributed by atoms with Crippen LogP contribution in [0.3, 0.4) is 0 Å². The summed E-state index contributed by atoms with van der Waals surface area (Å²) in [5.41, 5.74) is 1.79. The molecule has 0 amide bonds. The molecule has 0 spiro atoms. The average molecular weight is 352 g/mol. The summed E-state index contributed by atoms with van der Waals surface area (Å²) in [6.07, 6.45) is 4.78. The molecule has 1 fully saturated rings. The summed E-state index contributed by atoms with van der Waals surface area (Å²) in [5, 5.41) is 21.5. The Morgan fingerprint density at radius 2 is 2.00 bits per heavy atom. The molecule has 2 N–H and O–H groups in total. The zero-order valence-corrected chi connectivity index (χ0v) is 14.9. The number of aromatic nitrogens is 3. The van der Waals surface area contributed by atoms with E-state index in [9.17, 15) is 10.2 Å². The molecule has 6 nitrogen and oxygen atoms in total. The molecule has 2 aromatic heterocycles. The van der Waals surface area contributed by atoms with Gasteiger partial charge in [-0.25, -0.2) is 9.97 Å². The van der Waals surface area contributed by atoms with Crippen LogP contribution in [0.4, 0.5) is 5.82 Å². The molecular weight excluding hydrogens is 328 g/mol. The number of aliphatic hydroxyl groups excluding tert-OH is 2. The van der Waals surface area contributed by atoms with Crippen LogP contribution < -0.4 is 4.90 Å². The second kappa shape index (κ2) is 7.05. The topological polar surface area (TPSA) is 74.4 Å².